The Balaban J connectivity index is 2.39. The first kappa shape index (κ1) is 16.7. The number of benzene rings is 1. The molecule has 0 aliphatic heterocycles. The van der Waals surface area contributed by atoms with Crippen molar-refractivity contribution < 1.29 is 14.2 Å². The van der Waals surface area contributed by atoms with Crippen LogP contribution in [-0.4, -0.2) is 30.3 Å². The maximum Gasteiger partial charge on any atom is 0.221 e. The predicted octanol–water partition coefficient (Wildman–Crippen LogP) is 2.04. The maximum absolute atomic E-state index is 5.89. The van der Waals surface area contributed by atoms with Crippen LogP contribution in [0, 0.1) is 0 Å². The van der Waals surface area contributed by atoms with Gasteiger partial charge in [-0.15, -0.1) is 0 Å². The first-order valence-electron chi connectivity index (χ1n) is 7.23. The first-order chi connectivity index (χ1) is 10.9. The van der Waals surface area contributed by atoms with Gasteiger partial charge in [-0.05, 0) is 31.5 Å². The molecule has 0 unspecified atom stereocenters. The van der Waals surface area contributed by atoms with Crippen molar-refractivity contribution in [3.8, 4) is 17.2 Å². The van der Waals surface area contributed by atoms with Crippen LogP contribution in [0.5, 0.6) is 17.2 Å². The number of methoxy groups -OCH3 is 2. The van der Waals surface area contributed by atoms with Crippen LogP contribution in [0.15, 0.2) is 18.3 Å². The van der Waals surface area contributed by atoms with Crippen LogP contribution in [0.3, 0.4) is 0 Å². The van der Waals surface area contributed by atoms with E-state index < -0.39 is 0 Å². The average Bonchev–Trinajstić information content (AvgIpc) is 2.50. The van der Waals surface area contributed by atoms with Gasteiger partial charge in [0.1, 0.15) is 5.82 Å². The Morgan fingerprint density at radius 1 is 1.09 bits per heavy atom. The average molecular weight is 318 g/mol. The summed E-state index contributed by atoms with van der Waals surface area (Å²) < 4.78 is 16.6. The van der Waals surface area contributed by atoms with Crippen molar-refractivity contribution in [2.24, 2.45) is 0 Å². The van der Waals surface area contributed by atoms with Gasteiger partial charge in [-0.3, -0.25) is 0 Å². The second-order valence-corrected chi connectivity index (χ2v) is 5.31. The maximum atomic E-state index is 5.89. The Bertz CT molecular complexity index is 664. The molecule has 23 heavy (non-hydrogen) atoms. The predicted molar refractivity (Wildman–Crippen MR) is 89.0 cm³/mol. The van der Waals surface area contributed by atoms with Crippen LogP contribution in [0.4, 0.5) is 11.8 Å². The van der Waals surface area contributed by atoms with Crippen molar-refractivity contribution >= 4 is 11.8 Å². The molecule has 0 saturated heterocycles. The minimum atomic E-state index is 0.00444. The Labute approximate surface area is 135 Å². The van der Waals surface area contributed by atoms with Gasteiger partial charge in [0.2, 0.25) is 11.7 Å². The number of nitrogen functional groups attached to an aromatic ring is 2. The van der Waals surface area contributed by atoms with E-state index >= 15 is 0 Å². The number of hydrogen-bond donors (Lipinski definition) is 2. The van der Waals surface area contributed by atoms with Crippen molar-refractivity contribution in [3.05, 3.63) is 29.5 Å². The molecule has 1 aromatic heterocycles. The molecule has 1 aromatic carbocycles. The molecule has 0 fully saturated rings. The molecule has 2 aromatic rings. The van der Waals surface area contributed by atoms with E-state index in [1.54, 1.807) is 20.4 Å². The Kier molecular flexibility index (Phi) is 5.10. The number of ether oxygens (including phenoxy) is 3. The van der Waals surface area contributed by atoms with Crippen LogP contribution in [-0.2, 0) is 6.42 Å². The lowest BCUT2D eigenvalue weighted by Gasteiger charge is -2.18. The molecule has 7 nitrogen and oxygen atoms in total. The lowest BCUT2D eigenvalue weighted by molar-refractivity contribution is 0.218. The van der Waals surface area contributed by atoms with Gasteiger partial charge in [-0.2, -0.15) is 4.98 Å². The number of nitrogens with zero attached hydrogens (tertiary/aromatic N) is 2. The molecular formula is C16H22N4O3. The number of aromatic nitrogens is 2. The van der Waals surface area contributed by atoms with Crippen LogP contribution in [0.25, 0.3) is 0 Å². The number of anilines is 2. The minimum absolute atomic E-state index is 0.00444. The molecular weight excluding hydrogens is 296 g/mol. The van der Waals surface area contributed by atoms with Crippen LogP contribution < -0.4 is 25.7 Å². The first-order valence-corrected chi connectivity index (χ1v) is 7.23. The van der Waals surface area contributed by atoms with Crippen LogP contribution in [0.1, 0.15) is 25.0 Å². The van der Waals surface area contributed by atoms with E-state index in [4.69, 9.17) is 25.7 Å². The fourth-order valence-electron chi connectivity index (χ4n) is 2.18. The van der Waals surface area contributed by atoms with Gasteiger partial charge in [-0.25, -0.2) is 4.98 Å². The van der Waals surface area contributed by atoms with Gasteiger partial charge in [0.25, 0.3) is 0 Å². The highest BCUT2D eigenvalue weighted by Crippen LogP contribution is 2.39. The third-order valence-corrected chi connectivity index (χ3v) is 3.19. The summed E-state index contributed by atoms with van der Waals surface area (Å²) in [6.45, 7) is 3.89. The van der Waals surface area contributed by atoms with E-state index in [2.05, 4.69) is 9.97 Å². The van der Waals surface area contributed by atoms with Crippen LogP contribution >= 0.6 is 0 Å². The van der Waals surface area contributed by atoms with Crippen LogP contribution in [0.2, 0.25) is 0 Å². The quantitative estimate of drug-likeness (QED) is 0.839. The van der Waals surface area contributed by atoms with Crippen molar-refractivity contribution in [3.63, 3.8) is 0 Å². The second kappa shape index (κ2) is 7.04. The molecule has 0 aliphatic carbocycles. The molecule has 7 heteroatoms. The Morgan fingerprint density at radius 3 is 2.17 bits per heavy atom. The molecule has 0 saturated carbocycles. The Hall–Kier alpha value is -2.70. The monoisotopic (exact) mass is 318 g/mol. The zero-order valence-corrected chi connectivity index (χ0v) is 13.8. The van der Waals surface area contributed by atoms with Crippen molar-refractivity contribution in [2.45, 2.75) is 26.4 Å². The number of rotatable bonds is 6. The summed E-state index contributed by atoms with van der Waals surface area (Å²) in [4.78, 5) is 7.95. The van der Waals surface area contributed by atoms with E-state index in [0.29, 0.717) is 29.5 Å². The van der Waals surface area contributed by atoms with Gasteiger partial charge in [-0.1, -0.05) is 0 Å². The third-order valence-electron chi connectivity index (χ3n) is 3.19. The topological polar surface area (TPSA) is 106 Å². The summed E-state index contributed by atoms with van der Waals surface area (Å²) in [5.41, 5.74) is 13.1. The molecule has 0 bridgehead atoms. The molecule has 1 heterocycles. The molecule has 2 rings (SSSR count). The number of nitrogens with two attached hydrogens (primary N) is 2. The summed E-state index contributed by atoms with van der Waals surface area (Å²) in [5, 5.41) is 0. The molecule has 0 amide bonds. The summed E-state index contributed by atoms with van der Waals surface area (Å²) in [5.74, 6) is 2.29. The van der Waals surface area contributed by atoms with Gasteiger partial charge in [0.05, 0.1) is 20.3 Å². The van der Waals surface area contributed by atoms with E-state index in [-0.39, 0.29) is 12.1 Å². The van der Waals surface area contributed by atoms with Crippen molar-refractivity contribution in [1.29, 1.82) is 0 Å². The number of hydrogen-bond acceptors (Lipinski definition) is 7. The fraction of sp³-hybridized carbons (Fsp3) is 0.375. The molecule has 0 radical (unpaired) electrons. The normalized spacial score (nSPS) is 10.7. The smallest absolute Gasteiger partial charge is 0.221 e. The fourth-order valence-corrected chi connectivity index (χ4v) is 2.18. The summed E-state index contributed by atoms with van der Waals surface area (Å²) in [6, 6.07) is 3.77. The highest BCUT2D eigenvalue weighted by atomic mass is 16.5. The standard InChI is InChI=1S/C16H22N4O3/c1-9(2)23-14-12(21-3)6-10(7-13(14)22-4)5-11-8-19-16(18)20-15(11)17/h6-9H,5H2,1-4H3,(H4,17,18,19,20). The summed E-state index contributed by atoms with van der Waals surface area (Å²) in [7, 11) is 3.18. The van der Waals surface area contributed by atoms with E-state index in [9.17, 15) is 0 Å². The largest absolute Gasteiger partial charge is 0.493 e. The minimum Gasteiger partial charge on any atom is -0.493 e. The van der Waals surface area contributed by atoms with Gasteiger partial charge in [0.15, 0.2) is 11.5 Å². The SMILES string of the molecule is COc1cc(Cc2cnc(N)nc2N)cc(OC)c1OC(C)C. The highest BCUT2D eigenvalue weighted by molar-refractivity contribution is 5.55. The van der Waals surface area contributed by atoms with E-state index in [0.717, 1.165) is 11.1 Å². The van der Waals surface area contributed by atoms with E-state index in [1.165, 1.54) is 0 Å². The molecule has 4 N–H and O–H groups in total. The van der Waals surface area contributed by atoms with Gasteiger partial charge < -0.3 is 25.7 Å². The zero-order chi connectivity index (χ0) is 17.0. The van der Waals surface area contributed by atoms with Gasteiger partial charge >= 0.3 is 0 Å². The molecule has 0 spiro atoms. The molecule has 0 atom stereocenters. The summed E-state index contributed by atoms with van der Waals surface area (Å²) in [6.07, 6.45) is 2.15. The lowest BCUT2D eigenvalue weighted by Crippen LogP contribution is -2.09. The van der Waals surface area contributed by atoms with E-state index in [1.807, 2.05) is 26.0 Å². The third kappa shape index (κ3) is 3.94. The van der Waals surface area contributed by atoms with Gasteiger partial charge in [0, 0.05) is 18.2 Å². The zero-order valence-electron chi connectivity index (χ0n) is 13.8. The Morgan fingerprint density at radius 2 is 1.70 bits per heavy atom. The lowest BCUT2D eigenvalue weighted by atomic mass is 10.1. The highest BCUT2D eigenvalue weighted by Gasteiger charge is 2.16. The molecule has 124 valence electrons. The molecule has 0 aliphatic rings. The summed E-state index contributed by atoms with van der Waals surface area (Å²) >= 11 is 0. The van der Waals surface area contributed by atoms with Crippen molar-refractivity contribution in [2.75, 3.05) is 25.7 Å². The van der Waals surface area contributed by atoms with Crippen molar-refractivity contribution in [1.82, 2.24) is 9.97 Å². The second-order valence-electron chi connectivity index (χ2n) is 5.31.